The first-order chi connectivity index (χ1) is 7.59. The summed E-state index contributed by atoms with van der Waals surface area (Å²) in [6.07, 6.45) is 11.6. The third-order valence-electron chi connectivity index (χ3n) is 3.28. The van der Waals surface area contributed by atoms with Gasteiger partial charge in [0.05, 0.1) is 6.10 Å². The number of aliphatic hydroxyl groups is 1. The van der Waals surface area contributed by atoms with Crippen molar-refractivity contribution in [3.05, 3.63) is 34.9 Å². The minimum atomic E-state index is -0.267. The van der Waals surface area contributed by atoms with E-state index in [0.29, 0.717) is 0 Å². The summed E-state index contributed by atoms with van der Waals surface area (Å²) in [5.74, 6) is 0. The molecule has 0 aromatic rings. The van der Waals surface area contributed by atoms with Crippen molar-refractivity contribution in [2.24, 2.45) is 0 Å². The molecule has 0 amide bonds. The van der Waals surface area contributed by atoms with E-state index >= 15 is 0 Å². The van der Waals surface area contributed by atoms with Crippen molar-refractivity contribution in [2.75, 3.05) is 0 Å². The van der Waals surface area contributed by atoms with Crippen LogP contribution in [0.4, 0.5) is 0 Å². The van der Waals surface area contributed by atoms with Gasteiger partial charge in [0.15, 0.2) is 0 Å². The molecule has 1 nitrogen and oxygen atoms in total. The SMILES string of the molecule is CC1=CCC=C(C)C(O)CCC(C)=CCC1. The van der Waals surface area contributed by atoms with E-state index in [2.05, 4.69) is 32.1 Å². The van der Waals surface area contributed by atoms with E-state index in [1.54, 1.807) is 0 Å². The smallest absolute Gasteiger partial charge is 0.0750 e. The summed E-state index contributed by atoms with van der Waals surface area (Å²) in [7, 11) is 0. The molecule has 1 rings (SSSR count). The van der Waals surface area contributed by atoms with Crippen LogP contribution in [0.5, 0.6) is 0 Å². The molecule has 1 aliphatic carbocycles. The Bertz CT molecular complexity index is 307. The van der Waals surface area contributed by atoms with Crippen LogP contribution in [0.2, 0.25) is 0 Å². The molecule has 1 heteroatoms. The van der Waals surface area contributed by atoms with Crippen molar-refractivity contribution in [1.29, 1.82) is 0 Å². The van der Waals surface area contributed by atoms with Gasteiger partial charge in [-0.05, 0) is 58.4 Å². The lowest BCUT2D eigenvalue weighted by Gasteiger charge is -2.12. The number of hydrogen-bond acceptors (Lipinski definition) is 1. The fourth-order valence-electron chi connectivity index (χ4n) is 1.92. The highest BCUT2D eigenvalue weighted by Gasteiger charge is 2.06. The molecular weight excluding hydrogens is 196 g/mol. The molecule has 90 valence electrons. The van der Waals surface area contributed by atoms with Crippen LogP contribution in [0, 0.1) is 0 Å². The molecule has 0 aromatic carbocycles. The Morgan fingerprint density at radius 1 is 1.00 bits per heavy atom. The maximum atomic E-state index is 9.93. The summed E-state index contributed by atoms with van der Waals surface area (Å²) < 4.78 is 0. The summed E-state index contributed by atoms with van der Waals surface area (Å²) in [6.45, 7) is 6.38. The molecule has 1 unspecified atom stereocenters. The van der Waals surface area contributed by atoms with E-state index < -0.39 is 0 Å². The summed E-state index contributed by atoms with van der Waals surface area (Å²) in [6, 6.07) is 0. The number of hydrogen-bond donors (Lipinski definition) is 1. The third kappa shape index (κ3) is 4.80. The molecule has 0 bridgehead atoms. The van der Waals surface area contributed by atoms with Crippen LogP contribution >= 0.6 is 0 Å². The van der Waals surface area contributed by atoms with Crippen LogP contribution in [0.1, 0.15) is 52.9 Å². The molecular formula is C15H24O. The summed E-state index contributed by atoms with van der Waals surface area (Å²) in [5, 5.41) is 9.93. The lowest BCUT2D eigenvalue weighted by molar-refractivity contribution is 0.200. The van der Waals surface area contributed by atoms with Gasteiger partial charge >= 0.3 is 0 Å². The van der Waals surface area contributed by atoms with Gasteiger partial charge in [0.2, 0.25) is 0 Å². The fourth-order valence-corrected chi connectivity index (χ4v) is 1.92. The summed E-state index contributed by atoms with van der Waals surface area (Å²) in [4.78, 5) is 0. The molecule has 0 aromatic heterocycles. The molecule has 16 heavy (non-hydrogen) atoms. The van der Waals surface area contributed by atoms with Gasteiger partial charge in [-0.15, -0.1) is 0 Å². The maximum Gasteiger partial charge on any atom is 0.0750 e. The van der Waals surface area contributed by atoms with E-state index in [0.717, 1.165) is 37.7 Å². The first kappa shape index (κ1) is 13.2. The van der Waals surface area contributed by atoms with Crippen molar-refractivity contribution < 1.29 is 5.11 Å². The van der Waals surface area contributed by atoms with E-state index in [9.17, 15) is 5.11 Å². The number of allylic oxidation sites excluding steroid dienone is 5. The molecule has 1 atom stereocenters. The van der Waals surface area contributed by atoms with Crippen molar-refractivity contribution in [3.8, 4) is 0 Å². The first-order valence-electron chi connectivity index (χ1n) is 6.25. The van der Waals surface area contributed by atoms with Crippen LogP contribution in [-0.2, 0) is 0 Å². The van der Waals surface area contributed by atoms with Crippen molar-refractivity contribution in [3.63, 3.8) is 0 Å². The second-order valence-corrected chi connectivity index (χ2v) is 4.88. The van der Waals surface area contributed by atoms with Gasteiger partial charge in [0.1, 0.15) is 0 Å². The Morgan fingerprint density at radius 3 is 2.44 bits per heavy atom. The fraction of sp³-hybridized carbons (Fsp3) is 0.600. The van der Waals surface area contributed by atoms with Gasteiger partial charge in [-0.1, -0.05) is 29.4 Å². The zero-order chi connectivity index (χ0) is 12.0. The van der Waals surface area contributed by atoms with Crippen LogP contribution in [-0.4, -0.2) is 11.2 Å². The molecule has 0 heterocycles. The Hall–Kier alpha value is -0.820. The highest BCUT2D eigenvalue weighted by molar-refractivity contribution is 5.12. The topological polar surface area (TPSA) is 20.2 Å². The molecule has 0 saturated carbocycles. The number of rotatable bonds is 0. The van der Waals surface area contributed by atoms with E-state index in [1.165, 1.54) is 11.1 Å². The zero-order valence-electron chi connectivity index (χ0n) is 10.8. The second-order valence-electron chi connectivity index (χ2n) is 4.88. The predicted octanol–water partition coefficient (Wildman–Crippen LogP) is 4.15. The minimum Gasteiger partial charge on any atom is -0.389 e. The molecule has 0 aliphatic heterocycles. The standard InChI is InChI=1S/C15H24O/c1-12-6-4-7-13(2)10-11-15(16)14(3)9-5-8-12/h7-9,15-16H,4-6,10-11H2,1-3H3. The van der Waals surface area contributed by atoms with Gasteiger partial charge in [-0.3, -0.25) is 0 Å². The van der Waals surface area contributed by atoms with Gasteiger partial charge in [0, 0.05) is 0 Å². The quantitative estimate of drug-likeness (QED) is 0.608. The van der Waals surface area contributed by atoms with Gasteiger partial charge in [-0.25, -0.2) is 0 Å². The van der Waals surface area contributed by atoms with Crippen LogP contribution in [0.25, 0.3) is 0 Å². The lowest BCUT2D eigenvalue weighted by atomic mass is 9.99. The second kappa shape index (κ2) is 6.70. The van der Waals surface area contributed by atoms with Crippen molar-refractivity contribution in [1.82, 2.24) is 0 Å². The monoisotopic (exact) mass is 220 g/mol. The average Bonchev–Trinajstić information content (AvgIpc) is 2.24. The van der Waals surface area contributed by atoms with E-state index in [4.69, 9.17) is 0 Å². The van der Waals surface area contributed by atoms with E-state index in [1.807, 2.05) is 6.92 Å². The zero-order valence-corrected chi connectivity index (χ0v) is 10.8. The molecule has 1 aliphatic rings. The van der Waals surface area contributed by atoms with Crippen molar-refractivity contribution >= 4 is 0 Å². The predicted molar refractivity (Wildman–Crippen MR) is 70.4 cm³/mol. The van der Waals surface area contributed by atoms with E-state index in [-0.39, 0.29) is 6.10 Å². The van der Waals surface area contributed by atoms with Crippen LogP contribution in [0.15, 0.2) is 34.9 Å². The van der Waals surface area contributed by atoms with Gasteiger partial charge < -0.3 is 5.11 Å². The number of aliphatic hydroxyl groups excluding tert-OH is 1. The Balaban J connectivity index is 2.74. The van der Waals surface area contributed by atoms with Crippen LogP contribution < -0.4 is 0 Å². The van der Waals surface area contributed by atoms with Crippen LogP contribution in [0.3, 0.4) is 0 Å². The maximum absolute atomic E-state index is 9.93. The minimum absolute atomic E-state index is 0.267. The normalized spacial score (nSPS) is 24.8. The largest absolute Gasteiger partial charge is 0.389 e. The Kier molecular flexibility index (Phi) is 5.54. The molecule has 1 N–H and O–H groups in total. The highest BCUT2D eigenvalue weighted by atomic mass is 16.3. The summed E-state index contributed by atoms with van der Waals surface area (Å²) >= 11 is 0. The van der Waals surface area contributed by atoms with Gasteiger partial charge in [0.25, 0.3) is 0 Å². The lowest BCUT2D eigenvalue weighted by Crippen LogP contribution is -2.08. The first-order valence-corrected chi connectivity index (χ1v) is 6.25. The Labute approximate surface area is 99.6 Å². The highest BCUT2D eigenvalue weighted by Crippen LogP contribution is 2.17. The molecule has 0 spiro atoms. The van der Waals surface area contributed by atoms with Gasteiger partial charge in [-0.2, -0.15) is 0 Å². The molecule has 0 fully saturated rings. The third-order valence-corrected chi connectivity index (χ3v) is 3.28. The molecule has 0 saturated heterocycles. The Morgan fingerprint density at radius 2 is 1.69 bits per heavy atom. The average molecular weight is 220 g/mol. The van der Waals surface area contributed by atoms with Crippen molar-refractivity contribution in [2.45, 2.75) is 59.0 Å². The summed E-state index contributed by atoms with van der Waals surface area (Å²) in [5.41, 5.74) is 3.96. The molecule has 0 radical (unpaired) electrons.